The quantitative estimate of drug-likeness (QED) is 0.819. The Labute approximate surface area is 108 Å². The van der Waals surface area contributed by atoms with Crippen molar-refractivity contribution in [2.45, 2.75) is 25.4 Å². The van der Waals surface area contributed by atoms with Gasteiger partial charge in [0.1, 0.15) is 0 Å². The second kappa shape index (κ2) is 4.97. The molecule has 0 bridgehead atoms. The van der Waals surface area contributed by atoms with Crippen LogP contribution in [0.15, 0.2) is 24.3 Å². The summed E-state index contributed by atoms with van der Waals surface area (Å²) < 4.78 is 0. The number of nitrogens with zero attached hydrogens (tertiary/aromatic N) is 2. The number of anilines is 1. The van der Waals surface area contributed by atoms with E-state index in [0.717, 1.165) is 18.8 Å². The third-order valence-electron chi connectivity index (χ3n) is 3.42. The van der Waals surface area contributed by atoms with Crippen molar-refractivity contribution in [1.82, 2.24) is 5.32 Å². The fourth-order valence-electron chi connectivity index (χ4n) is 2.65. The average Bonchev–Trinajstić information content (AvgIpc) is 2.37. The third kappa shape index (κ3) is 2.33. The summed E-state index contributed by atoms with van der Waals surface area (Å²) in [6.45, 7) is 6.01. The van der Waals surface area contributed by atoms with Crippen molar-refractivity contribution in [3.8, 4) is 6.07 Å². The van der Waals surface area contributed by atoms with E-state index in [1.807, 2.05) is 18.2 Å². The summed E-state index contributed by atoms with van der Waals surface area (Å²) in [6.07, 6.45) is 0. The summed E-state index contributed by atoms with van der Waals surface area (Å²) >= 11 is 0. The molecule has 1 heterocycles. The number of benzene rings is 1. The van der Waals surface area contributed by atoms with Gasteiger partial charge in [-0.3, -0.25) is 0 Å². The highest BCUT2D eigenvalue weighted by Crippen LogP contribution is 2.29. The molecule has 0 aromatic heterocycles. The Morgan fingerprint density at radius 3 is 3.00 bits per heavy atom. The van der Waals surface area contributed by atoms with Gasteiger partial charge in [-0.2, -0.15) is 5.26 Å². The van der Waals surface area contributed by atoms with Crippen LogP contribution < -0.4 is 10.2 Å². The van der Waals surface area contributed by atoms with Crippen LogP contribution in [0.25, 0.3) is 0 Å². The fourth-order valence-corrected chi connectivity index (χ4v) is 2.65. The zero-order valence-corrected chi connectivity index (χ0v) is 10.8. The monoisotopic (exact) mass is 245 g/mol. The summed E-state index contributed by atoms with van der Waals surface area (Å²) in [6, 6.07) is 9.77. The lowest BCUT2D eigenvalue weighted by molar-refractivity contribution is 0.212. The van der Waals surface area contributed by atoms with Gasteiger partial charge in [-0.25, -0.2) is 0 Å². The molecule has 2 rings (SSSR count). The molecule has 0 saturated carbocycles. The van der Waals surface area contributed by atoms with E-state index in [9.17, 15) is 5.11 Å². The van der Waals surface area contributed by atoms with Crippen LogP contribution >= 0.6 is 0 Å². The highest BCUT2D eigenvalue weighted by molar-refractivity contribution is 5.55. The van der Waals surface area contributed by atoms with Gasteiger partial charge in [-0.05, 0) is 32.0 Å². The molecule has 1 aliphatic rings. The minimum absolute atomic E-state index is 0.0442. The van der Waals surface area contributed by atoms with E-state index in [1.165, 1.54) is 0 Å². The SMILES string of the molecule is CC1(C)CNCC(CO)N1c1cccc(C#N)c1. The van der Waals surface area contributed by atoms with E-state index in [4.69, 9.17) is 5.26 Å². The number of hydrogen-bond donors (Lipinski definition) is 2. The molecule has 0 amide bonds. The molecule has 4 heteroatoms. The molecule has 1 aromatic rings. The molecule has 1 atom stereocenters. The predicted molar refractivity (Wildman–Crippen MR) is 71.5 cm³/mol. The molecule has 0 spiro atoms. The van der Waals surface area contributed by atoms with Crippen LogP contribution in [0.2, 0.25) is 0 Å². The summed E-state index contributed by atoms with van der Waals surface area (Å²) in [5.74, 6) is 0. The van der Waals surface area contributed by atoms with Crippen LogP contribution in [0.3, 0.4) is 0 Å². The lowest BCUT2D eigenvalue weighted by Gasteiger charge is -2.49. The zero-order chi connectivity index (χ0) is 13.2. The summed E-state index contributed by atoms with van der Waals surface area (Å²) in [5, 5.41) is 21.9. The van der Waals surface area contributed by atoms with Gasteiger partial charge in [0, 0.05) is 24.3 Å². The molecule has 2 N–H and O–H groups in total. The molecule has 1 aromatic carbocycles. The summed E-state index contributed by atoms with van der Waals surface area (Å²) in [4.78, 5) is 2.21. The zero-order valence-electron chi connectivity index (χ0n) is 10.8. The van der Waals surface area contributed by atoms with Crippen molar-refractivity contribution in [1.29, 1.82) is 5.26 Å². The van der Waals surface area contributed by atoms with Crippen LogP contribution in [0.1, 0.15) is 19.4 Å². The maximum absolute atomic E-state index is 9.53. The van der Waals surface area contributed by atoms with Crippen LogP contribution in [-0.4, -0.2) is 36.4 Å². The second-order valence-electron chi connectivity index (χ2n) is 5.31. The van der Waals surface area contributed by atoms with Crippen molar-refractivity contribution in [2.24, 2.45) is 0 Å². The van der Waals surface area contributed by atoms with Gasteiger partial charge in [-0.15, -0.1) is 0 Å². The Hall–Kier alpha value is -1.57. The van der Waals surface area contributed by atoms with Crippen molar-refractivity contribution < 1.29 is 5.11 Å². The van der Waals surface area contributed by atoms with Gasteiger partial charge < -0.3 is 15.3 Å². The topological polar surface area (TPSA) is 59.3 Å². The van der Waals surface area contributed by atoms with Gasteiger partial charge in [0.25, 0.3) is 0 Å². The fraction of sp³-hybridized carbons (Fsp3) is 0.500. The highest BCUT2D eigenvalue weighted by atomic mass is 16.3. The molecule has 18 heavy (non-hydrogen) atoms. The maximum Gasteiger partial charge on any atom is 0.0992 e. The lowest BCUT2D eigenvalue weighted by Crippen LogP contribution is -2.64. The van der Waals surface area contributed by atoms with E-state index >= 15 is 0 Å². The van der Waals surface area contributed by atoms with Crippen LogP contribution in [0.5, 0.6) is 0 Å². The standard InChI is InChI=1S/C14H19N3O/c1-14(2)10-16-8-13(9-18)17(14)12-5-3-4-11(6-12)7-15/h3-6,13,16,18H,8-10H2,1-2H3. The number of aliphatic hydroxyl groups is 1. The third-order valence-corrected chi connectivity index (χ3v) is 3.42. The Morgan fingerprint density at radius 1 is 1.56 bits per heavy atom. The summed E-state index contributed by atoms with van der Waals surface area (Å²) in [7, 11) is 0. The minimum Gasteiger partial charge on any atom is -0.394 e. The first-order valence-electron chi connectivity index (χ1n) is 6.19. The first-order valence-corrected chi connectivity index (χ1v) is 6.19. The van der Waals surface area contributed by atoms with E-state index < -0.39 is 0 Å². The molecule has 1 saturated heterocycles. The normalized spacial score (nSPS) is 22.6. The largest absolute Gasteiger partial charge is 0.394 e. The van der Waals surface area contributed by atoms with E-state index in [-0.39, 0.29) is 18.2 Å². The first kappa shape index (κ1) is 12.9. The number of piperazine rings is 1. The Balaban J connectivity index is 2.40. The molecule has 1 aliphatic heterocycles. The van der Waals surface area contributed by atoms with Crippen molar-refractivity contribution in [3.63, 3.8) is 0 Å². The Morgan fingerprint density at radius 2 is 2.33 bits per heavy atom. The lowest BCUT2D eigenvalue weighted by atomic mass is 9.95. The molecule has 0 radical (unpaired) electrons. The number of aliphatic hydroxyl groups excluding tert-OH is 1. The van der Waals surface area contributed by atoms with Gasteiger partial charge >= 0.3 is 0 Å². The molecule has 4 nitrogen and oxygen atoms in total. The van der Waals surface area contributed by atoms with Crippen LogP contribution in [-0.2, 0) is 0 Å². The molecular weight excluding hydrogens is 226 g/mol. The maximum atomic E-state index is 9.53. The minimum atomic E-state index is -0.0836. The van der Waals surface area contributed by atoms with Gasteiger partial charge in [0.15, 0.2) is 0 Å². The predicted octanol–water partition coefficient (Wildman–Crippen LogP) is 1.11. The highest BCUT2D eigenvalue weighted by Gasteiger charge is 2.36. The van der Waals surface area contributed by atoms with Crippen LogP contribution in [0.4, 0.5) is 5.69 Å². The average molecular weight is 245 g/mol. The van der Waals surface area contributed by atoms with Gasteiger partial charge in [0.05, 0.1) is 24.3 Å². The second-order valence-corrected chi connectivity index (χ2v) is 5.31. The molecule has 1 fully saturated rings. The number of hydrogen-bond acceptors (Lipinski definition) is 4. The van der Waals surface area contributed by atoms with E-state index in [2.05, 4.69) is 30.1 Å². The molecule has 96 valence electrons. The number of nitrogens with one attached hydrogen (secondary N) is 1. The molecule has 1 unspecified atom stereocenters. The molecule has 0 aliphatic carbocycles. The van der Waals surface area contributed by atoms with E-state index in [0.29, 0.717) is 5.56 Å². The Bertz CT molecular complexity index is 464. The summed E-state index contributed by atoms with van der Waals surface area (Å²) in [5.41, 5.74) is 1.57. The van der Waals surface area contributed by atoms with Gasteiger partial charge in [0.2, 0.25) is 0 Å². The van der Waals surface area contributed by atoms with Crippen molar-refractivity contribution in [3.05, 3.63) is 29.8 Å². The number of nitriles is 1. The molecular formula is C14H19N3O. The number of rotatable bonds is 2. The Kier molecular flexibility index (Phi) is 3.55. The smallest absolute Gasteiger partial charge is 0.0992 e. The van der Waals surface area contributed by atoms with E-state index in [1.54, 1.807) is 6.07 Å². The van der Waals surface area contributed by atoms with Crippen molar-refractivity contribution >= 4 is 5.69 Å². The van der Waals surface area contributed by atoms with Gasteiger partial charge in [-0.1, -0.05) is 6.07 Å². The first-order chi connectivity index (χ1) is 8.58. The van der Waals surface area contributed by atoms with Crippen molar-refractivity contribution in [2.75, 3.05) is 24.6 Å². The van der Waals surface area contributed by atoms with Crippen LogP contribution in [0, 0.1) is 11.3 Å².